The Kier molecular flexibility index (Phi) is 27.0. The number of piperidine rings is 1. The highest BCUT2D eigenvalue weighted by Gasteiger charge is 2.38. The molecule has 2 aliphatic rings. The fourth-order valence-corrected chi connectivity index (χ4v) is 5.84. The highest BCUT2D eigenvalue weighted by Crippen LogP contribution is 2.27. The number of amides is 4. The number of likely N-dealkylation sites (tertiary alicyclic amines) is 1. The molecular weight excluding hydrogens is 608 g/mol. The number of hydrogen-bond acceptors (Lipinski definition) is 6. The van der Waals surface area contributed by atoms with Crippen molar-refractivity contribution >= 4 is 30.4 Å². The number of carbonyl (C=O) groups excluding carboxylic acids is 5. The van der Waals surface area contributed by atoms with Gasteiger partial charge in [-0.25, -0.2) is 0 Å². The van der Waals surface area contributed by atoms with Crippen LogP contribution in [-0.4, -0.2) is 74.7 Å². The second-order valence-electron chi connectivity index (χ2n) is 12.0. The molecule has 3 rings (SSSR count). The number of Topliss-reactive ketones (excluding diaryl/α,β-unsaturated/α-hetero) is 1. The number of nitrogens with zero attached hydrogens (tertiary/aromatic N) is 1. The van der Waals surface area contributed by atoms with Crippen molar-refractivity contribution in [2.24, 2.45) is 11.7 Å². The molecule has 1 aliphatic heterocycles. The standard InChI is InChI=1S/C17H25N3O4.C14H22O.C6H12.CH3NO/c1-3-7-13(16(23)17(24)19-9-4-2)14-8-5-6-10-20(14)15(22)11-18-12-21;1-4-13-8-5-9-14(11-13)12(2)7-6-10-15-3;1-2-4-6-5-3-1;2-1-3/h3-4,12-14H,1-2,5-11H2,(H,18,21)(H,19,24);5,8-9,11-12H,4,6-7,10H2,1-3H3;1-6H2;1H,(H2,2,3). The Morgan fingerprint density at radius 1 is 1.04 bits per heavy atom. The van der Waals surface area contributed by atoms with E-state index in [1.807, 2.05) is 0 Å². The molecule has 10 heteroatoms. The normalized spacial score (nSPS) is 16.3. The van der Waals surface area contributed by atoms with Gasteiger partial charge in [-0.15, -0.1) is 13.2 Å². The van der Waals surface area contributed by atoms with Crippen LogP contribution >= 0.6 is 0 Å². The Morgan fingerprint density at radius 2 is 1.69 bits per heavy atom. The van der Waals surface area contributed by atoms with Gasteiger partial charge in [-0.2, -0.15) is 0 Å². The van der Waals surface area contributed by atoms with Gasteiger partial charge in [0.1, 0.15) is 0 Å². The number of nitrogens with one attached hydrogen (secondary N) is 2. The molecule has 4 amide bonds. The Hall–Kier alpha value is -3.79. The summed E-state index contributed by atoms with van der Waals surface area (Å²) < 4.78 is 5.07. The molecular formula is C38H62N4O6. The first-order chi connectivity index (χ1) is 23.2. The van der Waals surface area contributed by atoms with Crippen molar-refractivity contribution in [3.05, 3.63) is 60.7 Å². The van der Waals surface area contributed by atoms with Gasteiger partial charge in [0.15, 0.2) is 0 Å². The molecule has 1 aromatic carbocycles. The van der Waals surface area contributed by atoms with Crippen LogP contribution in [-0.2, 0) is 35.1 Å². The molecule has 1 saturated heterocycles. The monoisotopic (exact) mass is 670 g/mol. The molecule has 1 aliphatic carbocycles. The minimum absolute atomic E-state index is 0.113. The van der Waals surface area contributed by atoms with E-state index < -0.39 is 17.6 Å². The van der Waals surface area contributed by atoms with E-state index in [4.69, 9.17) is 9.53 Å². The van der Waals surface area contributed by atoms with Crippen LogP contribution in [0.5, 0.6) is 0 Å². The summed E-state index contributed by atoms with van der Waals surface area (Å²) in [6.45, 7) is 13.1. The van der Waals surface area contributed by atoms with Gasteiger partial charge in [0.25, 0.3) is 5.91 Å². The van der Waals surface area contributed by atoms with E-state index in [1.54, 1.807) is 18.1 Å². The molecule has 0 radical (unpaired) electrons. The number of methoxy groups -OCH3 is 1. The average molecular weight is 671 g/mol. The Bertz CT molecular complexity index is 1060. The van der Waals surface area contributed by atoms with Crippen LogP contribution in [0.1, 0.15) is 108 Å². The lowest BCUT2D eigenvalue weighted by atomic mass is 9.84. The summed E-state index contributed by atoms with van der Waals surface area (Å²) in [6.07, 6.45) is 19.0. The molecule has 10 nitrogen and oxygen atoms in total. The maximum Gasteiger partial charge on any atom is 0.288 e. The number of aryl methyl sites for hydroxylation is 1. The van der Waals surface area contributed by atoms with Crippen LogP contribution in [0.2, 0.25) is 0 Å². The summed E-state index contributed by atoms with van der Waals surface area (Å²) in [7, 11) is 1.77. The van der Waals surface area contributed by atoms with Gasteiger partial charge >= 0.3 is 0 Å². The molecule has 4 N–H and O–H groups in total. The zero-order valence-corrected chi connectivity index (χ0v) is 29.8. The molecule has 0 spiro atoms. The van der Waals surface area contributed by atoms with Crippen LogP contribution in [0.15, 0.2) is 49.6 Å². The van der Waals surface area contributed by atoms with Crippen molar-refractivity contribution in [3.63, 3.8) is 0 Å². The molecule has 1 saturated carbocycles. The highest BCUT2D eigenvalue weighted by molar-refractivity contribution is 6.37. The molecule has 0 bridgehead atoms. The molecule has 3 unspecified atom stereocenters. The zero-order chi connectivity index (χ0) is 36.0. The minimum atomic E-state index is -0.675. The van der Waals surface area contributed by atoms with E-state index in [-0.39, 0.29) is 31.4 Å². The average Bonchev–Trinajstić information content (AvgIpc) is 3.13. The maximum absolute atomic E-state index is 12.5. The molecule has 0 aromatic heterocycles. The summed E-state index contributed by atoms with van der Waals surface area (Å²) in [5.74, 6) is -1.46. The number of benzene rings is 1. The quantitative estimate of drug-likeness (QED) is 0.0929. The third kappa shape index (κ3) is 19.1. The van der Waals surface area contributed by atoms with Crippen molar-refractivity contribution in [2.45, 2.75) is 109 Å². The van der Waals surface area contributed by atoms with Gasteiger partial charge < -0.3 is 26.0 Å². The first-order valence-electron chi connectivity index (χ1n) is 17.5. The summed E-state index contributed by atoms with van der Waals surface area (Å²) in [4.78, 5) is 57.4. The van der Waals surface area contributed by atoms with E-state index in [1.165, 1.54) is 62.1 Å². The summed E-state index contributed by atoms with van der Waals surface area (Å²) in [6, 6.07) is 8.57. The first kappa shape index (κ1) is 44.2. The van der Waals surface area contributed by atoms with Crippen molar-refractivity contribution in [3.8, 4) is 0 Å². The third-order valence-corrected chi connectivity index (χ3v) is 8.47. The number of ether oxygens (including phenoxy) is 1. The predicted molar refractivity (Wildman–Crippen MR) is 193 cm³/mol. The van der Waals surface area contributed by atoms with Gasteiger partial charge in [0, 0.05) is 32.8 Å². The summed E-state index contributed by atoms with van der Waals surface area (Å²) >= 11 is 0. The molecule has 1 heterocycles. The van der Waals surface area contributed by atoms with Crippen LogP contribution in [0, 0.1) is 5.92 Å². The van der Waals surface area contributed by atoms with Crippen LogP contribution in [0.3, 0.4) is 0 Å². The van der Waals surface area contributed by atoms with Gasteiger partial charge in [0.05, 0.1) is 12.5 Å². The summed E-state index contributed by atoms with van der Waals surface area (Å²) in [5.41, 5.74) is 7.07. The smallest absolute Gasteiger partial charge is 0.288 e. The van der Waals surface area contributed by atoms with E-state index in [9.17, 15) is 19.2 Å². The van der Waals surface area contributed by atoms with Crippen molar-refractivity contribution in [1.29, 1.82) is 0 Å². The second-order valence-corrected chi connectivity index (χ2v) is 12.0. The SMILES string of the molecule is C1CCCCC1.C=CCNC(=O)C(=O)C(CC=C)C1CCCCN1C(=O)CNC=O.CCc1cccc(C(C)CCCOC)c1.NC=O. The van der Waals surface area contributed by atoms with Crippen LogP contribution in [0.25, 0.3) is 0 Å². The maximum atomic E-state index is 12.5. The van der Waals surface area contributed by atoms with E-state index >= 15 is 0 Å². The zero-order valence-electron chi connectivity index (χ0n) is 29.8. The lowest BCUT2D eigenvalue weighted by Gasteiger charge is -2.39. The van der Waals surface area contributed by atoms with Crippen LogP contribution < -0.4 is 16.4 Å². The number of nitrogens with two attached hydrogens (primary N) is 1. The highest BCUT2D eigenvalue weighted by atomic mass is 16.5. The number of allylic oxidation sites excluding steroid dienone is 1. The Balaban J connectivity index is 0.000000772. The van der Waals surface area contributed by atoms with E-state index in [0.29, 0.717) is 31.7 Å². The molecule has 48 heavy (non-hydrogen) atoms. The van der Waals surface area contributed by atoms with Crippen molar-refractivity contribution < 1.29 is 28.7 Å². The number of carbonyl (C=O) groups is 5. The van der Waals surface area contributed by atoms with E-state index in [2.05, 4.69) is 67.6 Å². The number of primary amides is 1. The Labute approximate surface area is 289 Å². The Morgan fingerprint density at radius 3 is 2.23 bits per heavy atom. The predicted octanol–water partition coefficient (Wildman–Crippen LogP) is 5.40. The first-order valence-corrected chi connectivity index (χ1v) is 17.5. The lowest BCUT2D eigenvalue weighted by molar-refractivity contribution is -0.145. The van der Waals surface area contributed by atoms with Crippen molar-refractivity contribution in [2.75, 3.05) is 33.4 Å². The molecule has 2 fully saturated rings. The molecule has 1 aromatic rings. The molecule has 270 valence electrons. The topological polar surface area (TPSA) is 148 Å². The largest absolute Gasteiger partial charge is 0.385 e. The lowest BCUT2D eigenvalue weighted by Crippen LogP contribution is -2.53. The number of rotatable bonds is 16. The van der Waals surface area contributed by atoms with Gasteiger partial charge in [-0.05, 0) is 62.0 Å². The fraction of sp³-hybridized carbons (Fsp3) is 0.605. The number of hydrogen-bond donors (Lipinski definition) is 3. The minimum Gasteiger partial charge on any atom is -0.385 e. The molecule has 3 atom stereocenters. The van der Waals surface area contributed by atoms with Gasteiger partial charge in [-0.1, -0.05) is 88.8 Å². The van der Waals surface area contributed by atoms with Gasteiger partial charge in [0.2, 0.25) is 24.5 Å². The second kappa shape index (κ2) is 29.4. The number of ketones is 1. The van der Waals surface area contributed by atoms with E-state index in [0.717, 1.165) is 32.3 Å². The fourth-order valence-electron chi connectivity index (χ4n) is 5.84. The summed E-state index contributed by atoms with van der Waals surface area (Å²) in [5, 5.41) is 4.83. The third-order valence-electron chi connectivity index (χ3n) is 8.47. The van der Waals surface area contributed by atoms with Gasteiger partial charge in [-0.3, -0.25) is 24.0 Å². The van der Waals surface area contributed by atoms with Crippen molar-refractivity contribution in [1.82, 2.24) is 15.5 Å². The van der Waals surface area contributed by atoms with Crippen LogP contribution in [0.4, 0.5) is 0 Å².